The fourth-order valence-electron chi connectivity index (χ4n) is 3.36. The summed E-state index contributed by atoms with van der Waals surface area (Å²) in [7, 11) is -1.48. The second kappa shape index (κ2) is 7.50. The highest BCUT2D eigenvalue weighted by Crippen LogP contribution is 2.34. The van der Waals surface area contributed by atoms with Crippen LogP contribution in [0.5, 0.6) is 0 Å². The van der Waals surface area contributed by atoms with E-state index in [1.165, 1.54) is 18.2 Å². The Morgan fingerprint density at radius 3 is 2.30 bits per heavy atom. The number of sulfone groups is 1. The second-order valence-electron chi connectivity index (χ2n) is 7.22. The van der Waals surface area contributed by atoms with Crippen molar-refractivity contribution in [2.75, 3.05) is 6.26 Å². The molecule has 0 N–H and O–H groups in total. The zero-order valence-corrected chi connectivity index (χ0v) is 17.6. The molecule has 0 unspecified atom stereocenters. The molecule has 2 aromatic heterocycles. The van der Waals surface area contributed by atoms with Gasteiger partial charge in [0.25, 0.3) is 0 Å². The van der Waals surface area contributed by atoms with Crippen LogP contribution in [0.4, 0.5) is 4.39 Å². The van der Waals surface area contributed by atoms with Crippen LogP contribution < -0.4 is 0 Å². The molecule has 0 aliphatic rings. The predicted octanol–water partition coefficient (Wildman–Crippen LogP) is 4.67. The van der Waals surface area contributed by atoms with Crippen molar-refractivity contribution in [3.8, 4) is 33.6 Å². The van der Waals surface area contributed by atoms with Crippen molar-refractivity contribution >= 4 is 9.84 Å². The monoisotopic (exact) mass is 421 g/mol. The van der Waals surface area contributed by atoms with Gasteiger partial charge in [-0.05, 0) is 54.4 Å². The minimum Gasteiger partial charge on any atom is -0.274 e. The summed E-state index contributed by atoms with van der Waals surface area (Å²) in [5.74, 6) is -0.384. The highest BCUT2D eigenvalue weighted by Gasteiger charge is 2.16. The number of rotatable bonds is 4. The molecule has 5 nitrogen and oxygen atoms in total. The third-order valence-electron chi connectivity index (χ3n) is 4.83. The number of benzene rings is 2. The van der Waals surface area contributed by atoms with Gasteiger partial charge in [-0.1, -0.05) is 24.3 Å². The Balaban J connectivity index is 1.82. The van der Waals surface area contributed by atoms with Gasteiger partial charge in [0.2, 0.25) is 0 Å². The van der Waals surface area contributed by atoms with Crippen LogP contribution in [-0.2, 0) is 16.9 Å². The fourth-order valence-corrected chi connectivity index (χ4v) is 3.99. The van der Waals surface area contributed by atoms with Gasteiger partial charge in [-0.3, -0.25) is 9.67 Å². The van der Waals surface area contributed by atoms with E-state index in [4.69, 9.17) is 0 Å². The molecular formula is C23H20FN3O2S. The van der Waals surface area contributed by atoms with Gasteiger partial charge in [0, 0.05) is 36.3 Å². The summed E-state index contributed by atoms with van der Waals surface area (Å²) in [4.78, 5) is 4.76. The number of pyridine rings is 1. The summed E-state index contributed by atoms with van der Waals surface area (Å²) in [5, 5.41) is 4.56. The maximum atomic E-state index is 14.6. The summed E-state index contributed by atoms with van der Waals surface area (Å²) >= 11 is 0. The summed E-state index contributed by atoms with van der Waals surface area (Å²) in [6.45, 7) is 1.92. The first-order valence-electron chi connectivity index (χ1n) is 9.30. The number of halogens is 1. The summed E-state index contributed by atoms with van der Waals surface area (Å²) in [5.41, 5.74) is 4.96. The molecule has 2 aromatic carbocycles. The topological polar surface area (TPSA) is 64.8 Å². The molecule has 152 valence electrons. The van der Waals surface area contributed by atoms with E-state index in [0.29, 0.717) is 16.8 Å². The van der Waals surface area contributed by atoms with Crippen LogP contribution in [0.1, 0.15) is 5.69 Å². The molecule has 0 saturated heterocycles. The maximum absolute atomic E-state index is 14.6. The van der Waals surface area contributed by atoms with Crippen molar-refractivity contribution in [2.45, 2.75) is 11.8 Å². The quantitative estimate of drug-likeness (QED) is 0.480. The molecule has 0 aliphatic carbocycles. The van der Waals surface area contributed by atoms with Gasteiger partial charge >= 0.3 is 0 Å². The molecule has 0 radical (unpaired) electrons. The van der Waals surface area contributed by atoms with E-state index >= 15 is 0 Å². The Hall–Kier alpha value is -3.32. The molecule has 0 amide bonds. The molecule has 30 heavy (non-hydrogen) atoms. The zero-order chi connectivity index (χ0) is 21.5. The Bertz CT molecular complexity index is 1340. The van der Waals surface area contributed by atoms with Gasteiger partial charge in [-0.25, -0.2) is 12.8 Å². The molecule has 0 saturated carbocycles. The van der Waals surface area contributed by atoms with Crippen molar-refractivity contribution in [3.05, 3.63) is 78.4 Å². The first-order valence-corrected chi connectivity index (χ1v) is 11.2. The van der Waals surface area contributed by atoms with E-state index in [1.54, 1.807) is 28.9 Å². The molecule has 0 atom stereocenters. The zero-order valence-electron chi connectivity index (χ0n) is 16.8. The number of hydrogen-bond donors (Lipinski definition) is 0. The van der Waals surface area contributed by atoms with Crippen molar-refractivity contribution in [2.24, 2.45) is 7.05 Å². The van der Waals surface area contributed by atoms with Crippen LogP contribution in [0.3, 0.4) is 0 Å². The lowest BCUT2D eigenvalue weighted by atomic mass is 9.98. The largest absolute Gasteiger partial charge is 0.274 e. The lowest BCUT2D eigenvalue weighted by Gasteiger charge is -2.09. The second-order valence-corrected chi connectivity index (χ2v) is 9.24. The highest BCUT2D eigenvalue weighted by molar-refractivity contribution is 7.90. The van der Waals surface area contributed by atoms with Crippen molar-refractivity contribution in [1.29, 1.82) is 0 Å². The molecular weight excluding hydrogens is 401 g/mol. The van der Waals surface area contributed by atoms with Gasteiger partial charge in [0.05, 0.1) is 10.6 Å². The summed E-state index contributed by atoms with van der Waals surface area (Å²) < 4.78 is 39.7. The minimum absolute atomic E-state index is 0.197. The number of hydrogen-bond acceptors (Lipinski definition) is 4. The van der Waals surface area contributed by atoms with Crippen LogP contribution in [0.15, 0.2) is 71.8 Å². The first-order chi connectivity index (χ1) is 14.2. The molecule has 4 aromatic rings. The number of nitrogens with zero attached hydrogens (tertiary/aromatic N) is 3. The van der Waals surface area contributed by atoms with Gasteiger partial charge in [-0.15, -0.1) is 0 Å². The van der Waals surface area contributed by atoms with Gasteiger partial charge in [0.15, 0.2) is 9.84 Å². The van der Waals surface area contributed by atoms with Crippen molar-refractivity contribution < 1.29 is 12.8 Å². The Morgan fingerprint density at radius 1 is 0.933 bits per heavy atom. The molecule has 4 rings (SSSR count). The van der Waals surface area contributed by atoms with Gasteiger partial charge < -0.3 is 0 Å². The van der Waals surface area contributed by atoms with Crippen LogP contribution in [0.2, 0.25) is 0 Å². The van der Waals surface area contributed by atoms with E-state index in [9.17, 15) is 12.8 Å². The average molecular weight is 421 g/mol. The van der Waals surface area contributed by atoms with Crippen LogP contribution >= 0.6 is 0 Å². The standard InChI is InChI=1S/C23H20FN3O2S/c1-15-5-4-6-22(25-15)23-20(14-27(2)26-23)17-9-12-21(24)19(13-17)16-7-10-18(11-8-16)30(3,28)29/h4-14H,1-3H3. The lowest BCUT2D eigenvalue weighted by Crippen LogP contribution is -1.96. The van der Waals surface area contributed by atoms with Crippen LogP contribution in [0, 0.1) is 12.7 Å². The molecule has 0 bridgehead atoms. The first kappa shape index (κ1) is 20.0. The van der Waals surface area contributed by atoms with E-state index in [0.717, 1.165) is 28.8 Å². The Morgan fingerprint density at radius 2 is 1.63 bits per heavy atom. The van der Waals surface area contributed by atoms with E-state index in [2.05, 4.69) is 10.1 Å². The average Bonchev–Trinajstić information content (AvgIpc) is 3.10. The molecule has 2 heterocycles. The van der Waals surface area contributed by atoms with Crippen molar-refractivity contribution in [3.63, 3.8) is 0 Å². The predicted molar refractivity (Wildman–Crippen MR) is 115 cm³/mol. The normalized spacial score (nSPS) is 11.6. The maximum Gasteiger partial charge on any atom is 0.175 e. The van der Waals surface area contributed by atoms with Crippen LogP contribution in [0.25, 0.3) is 33.6 Å². The molecule has 0 spiro atoms. The fraction of sp³-hybridized carbons (Fsp3) is 0.130. The third-order valence-corrected chi connectivity index (χ3v) is 5.96. The third kappa shape index (κ3) is 3.89. The Kier molecular flexibility index (Phi) is 4.99. The van der Waals surface area contributed by atoms with E-state index < -0.39 is 9.84 Å². The number of aryl methyl sites for hydroxylation is 2. The van der Waals surface area contributed by atoms with Crippen LogP contribution in [-0.4, -0.2) is 29.4 Å². The minimum atomic E-state index is -3.31. The summed E-state index contributed by atoms with van der Waals surface area (Å²) in [6.07, 6.45) is 3.02. The molecule has 0 fully saturated rings. The lowest BCUT2D eigenvalue weighted by molar-refractivity contribution is 0.602. The number of aromatic nitrogens is 3. The molecule has 0 aliphatic heterocycles. The summed E-state index contributed by atoms with van der Waals surface area (Å²) in [6, 6.07) is 16.8. The van der Waals surface area contributed by atoms with Gasteiger partial charge in [-0.2, -0.15) is 5.10 Å². The SMILES string of the molecule is Cc1cccc(-c2nn(C)cc2-c2ccc(F)c(-c3ccc(S(C)(=O)=O)cc3)c2)n1. The highest BCUT2D eigenvalue weighted by atomic mass is 32.2. The Labute approximate surface area is 174 Å². The van der Waals surface area contributed by atoms with E-state index in [-0.39, 0.29) is 10.7 Å². The van der Waals surface area contributed by atoms with Crippen molar-refractivity contribution in [1.82, 2.24) is 14.8 Å². The van der Waals surface area contributed by atoms with Gasteiger partial charge in [0.1, 0.15) is 11.5 Å². The van der Waals surface area contributed by atoms with E-state index in [1.807, 2.05) is 38.4 Å². The molecule has 7 heteroatoms. The smallest absolute Gasteiger partial charge is 0.175 e.